The van der Waals surface area contributed by atoms with Crippen LogP contribution in [0.3, 0.4) is 0 Å². The molecule has 9 heteroatoms. The van der Waals surface area contributed by atoms with Gasteiger partial charge < -0.3 is 15.0 Å². The SMILES string of the molecule is COc1ccc(CC2(CCC(=O)N(C)Cc3csc(-c4cccs4)n3)CCC(=O)N2)c(F)c1. The van der Waals surface area contributed by atoms with E-state index < -0.39 is 5.54 Å². The highest BCUT2D eigenvalue weighted by Crippen LogP contribution is 2.32. The second kappa shape index (κ2) is 10.0. The molecule has 0 aliphatic carbocycles. The number of thiazole rings is 1. The monoisotopic (exact) mass is 487 g/mol. The van der Waals surface area contributed by atoms with E-state index in [1.165, 1.54) is 13.2 Å². The van der Waals surface area contributed by atoms with Crippen LogP contribution in [0.1, 0.15) is 36.9 Å². The molecule has 1 unspecified atom stereocenters. The number of carbonyl (C=O) groups excluding carboxylic acids is 2. The summed E-state index contributed by atoms with van der Waals surface area (Å²) >= 11 is 3.21. The Balaban J connectivity index is 1.38. The molecule has 1 aliphatic heterocycles. The number of thiophene rings is 1. The Hall–Kier alpha value is -2.78. The molecule has 0 radical (unpaired) electrons. The van der Waals surface area contributed by atoms with Crippen molar-refractivity contribution < 1.29 is 18.7 Å². The first-order chi connectivity index (χ1) is 15.9. The summed E-state index contributed by atoms with van der Waals surface area (Å²) in [6.45, 7) is 0.424. The first-order valence-corrected chi connectivity index (χ1v) is 12.5. The fourth-order valence-electron chi connectivity index (χ4n) is 4.11. The van der Waals surface area contributed by atoms with Gasteiger partial charge in [0.2, 0.25) is 11.8 Å². The molecule has 1 aliphatic rings. The third-order valence-electron chi connectivity index (χ3n) is 5.95. The maximum atomic E-state index is 14.6. The van der Waals surface area contributed by atoms with Crippen molar-refractivity contribution in [1.29, 1.82) is 0 Å². The van der Waals surface area contributed by atoms with E-state index in [9.17, 15) is 14.0 Å². The van der Waals surface area contributed by atoms with Gasteiger partial charge in [0.05, 0.1) is 24.2 Å². The van der Waals surface area contributed by atoms with Crippen molar-refractivity contribution in [3.8, 4) is 15.6 Å². The standard InChI is InChI=1S/C24H26FN3O3S2/c1-28(14-17-15-33-23(26-17)20-4-3-11-32-20)22(30)8-10-24(9-7-21(29)27-24)13-16-5-6-18(31-2)12-19(16)25/h3-6,11-12,15H,7-10,13-14H2,1-2H3,(H,27,29). The van der Waals surface area contributed by atoms with E-state index >= 15 is 0 Å². The molecular formula is C24H26FN3O3S2. The van der Waals surface area contributed by atoms with Gasteiger partial charge in [-0.1, -0.05) is 12.1 Å². The Morgan fingerprint density at radius 1 is 1.33 bits per heavy atom. The summed E-state index contributed by atoms with van der Waals surface area (Å²) < 4.78 is 19.6. The third kappa shape index (κ3) is 5.59. The summed E-state index contributed by atoms with van der Waals surface area (Å²) in [5.74, 6) is -0.0186. The number of carbonyl (C=O) groups is 2. The summed E-state index contributed by atoms with van der Waals surface area (Å²) in [6.07, 6.45) is 2.00. The minimum atomic E-state index is -0.629. The molecule has 1 N–H and O–H groups in total. The molecule has 4 rings (SSSR count). The number of halogens is 1. The van der Waals surface area contributed by atoms with Gasteiger partial charge in [-0.05, 0) is 42.3 Å². The number of nitrogens with one attached hydrogen (secondary N) is 1. The minimum Gasteiger partial charge on any atom is -0.497 e. The van der Waals surface area contributed by atoms with Crippen molar-refractivity contribution in [2.45, 2.75) is 44.2 Å². The number of aromatic nitrogens is 1. The lowest BCUT2D eigenvalue weighted by Gasteiger charge is -2.30. The van der Waals surface area contributed by atoms with Gasteiger partial charge in [-0.3, -0.25) is 9.59 Å². The molecule has 3 aromatic rings. The average Bonchev–Trinajstić information content (AvgIpc) is 3.55. The van der Waals surface area contributed by atoms with Crippen LogP contribution in [0.4, 0.5) is 4.39 Å². The largest absolute Gasteiger partial charge is 0.497 e. The van der Waals surface area contributed by atoms with Gasteiger partial charge in [0.25, 0.3) is 0 Å². The van der Waals surface area contributed by atoms with Crippen molar-refractivity contribution in [3.63, 3.8) is 0 Å². The lowest BCUT2D eigenvalue weighted by molar-refractivity contribution is -0.131. The highest BCUT2D eigenvalue weighted by molar-refractivity contribution is 7.20. The van der Waals surface area contributed by atoms with Crippen LogP contribution in [0, 0.1) is 5.82 Å². The number of amides is 2. The number of hydrogen-bond acceptors (Lipinski definition) is 6. The Morgan fingerprint density at radius 3 is 2.85 bits per heavy atom. The molecule has 1 fully saturated rings. The smallest absolute Gasteiger partial charge is 0.222 e. The van der Waals surface area contributed by atoms with E-state index in [0.29, 0.717) is 43.5 Å². The van der Waals surface area contributed by atoms with Crippen molar-refractivity contribution in [3.05, 3.63) is 58.2 Å². The predicted molar refractivity (Wildman–Crippen MR) is 128 cm³/mol. The molecular weight excluding hydrogens is 461 g/mol. The summed E-state index contributed by atoms with van der Waals surface area (Å²) in [5.41, 5.74) is 0.724. The van der Waals surface area contributed by atoms with E-state index in [-0.39, 0.29) is 24.1 Å². The zero-order chi connectivity index (χ0) is 23.4. The van der Waals surface area contributed by atoms with Gasteiger partial charge in [0.1, 0.15) is 16.6 Å². The van der Waals surface area contributed by atoms with E-state index in [0.717, 1.165) is 15.6 Å². The number of methoxy groups -OCH3 is 1. The molecule has 1 aromatic carbocycles. The van der Waals surface area contributed by atoms with Gasteiger partial charge >= 0.3 is 0 Å². The summed E-state index contributed by atoms with van der Waals surface area (Å²) in [5, 5.41) is 7.96. The molecule has 0 spiro atoms. The number of benzene rings is 1. The normalized spacial score (nSPS) is 17.7. The van der Waals surface area contributed by atoms with Crippen LogP contribution in [0.25, 0.3) is 9.88 Å². The molecule has 174 valence electrons. The Bertz CT molecular complexity index is 1130. The summed E-state index contributed by atoms with van der Waals surface area (Å²) in [7, 11) is 3.25. The fraction of sp³-hybridized carbons (Fsp3) is 0.375. The maximum Gasteiger partial charge on any atom is 0.222 e. The van der Waals surface area contributed by atoms with E-state index in [1.807, 2.05) is 22.9 Å². The van der Waals surface area contributed by atoms with E-state index in [1.54, 1.807) is 46.8 Å². The number of hydrogen-bond donors (Lipinski definition) is 1. The van der Waals surface area contributed by atoms with Crippen LogP contribution >= 0.6 is 22.7 Å². The Kier molecular flexibility index (Phi) is 7.09. The zero-order valence-corrected chi connectivity index (χ0v) is 20.2. The molecule has 2 amide bonds. The Labute approximate surface area is 200 Å². The van der Waals surface area contributed by atoms with Crippen molar-refractivity contribution in [2.24, 2.45) is 0 Å². The van der Waals surface area contributed by atoms with Crippen LogP contribution < -0.4 is 10.1 Å². The van der Waals surface area contributed by atoms with Crippen LogP contribution in [0.2, 0.25) is 0 Å². The second-order valence-electron chi connectivity index (χ2n) is 8.33. The topological polar surface area (TPSA) is 71.5 Å². The first-order valence-electron chi connectivity index (χ1n) is 10.7. The third-order valence-corrected chi connectivity index (χ3v) is 7.88. The number of nitrogens with zero attached hydrogens (tertiary/aromatic N) is 2. The molecule has 6 nitrogen and oxygen atoms in total. The van der Waals surface area contributed by atoms with Gasteiger partial charge in [-0.25, -0.2) is 9.37 Å². The molecule has 33 heavy (non-hydrogen) atoms. The fourth-order valence-corrected chi connectivity index (χ4v) is 5.73. The van der Waals surface area contributed by atoms with E-state index in [2.05, 4.69) is 10.3 Å². The Morgan fingerprint density at radius 2 is 2.18 bits per heavy atom. The molecule has 1 atom stereocenters. The highest BCUT2D eigenvalue weighted by Gasteiger charge is 2.38. The first kappa shape index (κ1) is 23.4. The van der Waals surface area contributed by atoms with Crippen molar-refractivity contribution >= 4 is 34.5 Å². The quantitative estimate of drug-likeness (QED) is 0.477. The highest BCUT2D eigenvalue weighted by atomic mass is 32.1. The summed E-state index contributed by atoms with van der Waals surface area (Å²) in [6, 6.07) is 8.76. The van der Waals surface area contributed by atoms with Gasteiger partial charge in [0, 0.05) is 36.9 Å². The van der Waals surface area contributed by atoms with Crippen LogP contribution in [0.15, 0.2) is 41.1 Å². The van der Waals surface area contributed by atoms with Gasteiger partial charge in [-0.15, -0.1) is 22.7 Å². The number of ether oxygens (including phenoxy) is 1. The van der Waals surface area contributed by atoms with Gasteiger partial charge in [-0.2, -0.15) is 0 Å². The van der Waals surface area contributed by atoms with Crippen LogP contribution in [-0.2, 0) is 22.6 Å². The zero-order valence-electron chi connectivity index (χ0n) is 18.6. The van der Waals surface area contributed by atoms with Crippen molar-refractivity contribution in [1.82, 2.24) is 15.2 Å². The maximum absolute atomic E-state index is 14.6. The predicted octanol–water partition coefficient (Wildman–Crippen LogP) is 4.65. The molecule has 1 saturated heterocycles. The lowest BCUT2D eigenvalue weighted by atomic mass is 9.84. The lowest BCUT2D eigenvalue weighted by Crippen LogP contribution is -2.44. The van der Waals surface area contributed by atoms with E-state index in [4.69, 9.17) is 4.74 Å². The summed E-state index contributed by atoms with van der Waals surface area (Å²) in [4.78, 5) is 32.3. The number of rotatable bonds is 9. The van der Waals surface area contributed by atoms with Crippen LogP contribution in [-0.4, -0.2) is 41.4 Å². The average molecular weight is 488 g/mol. The van der Waals surface area contributed by atoms with Crippen LogP contribution in [0.5, 0.6) is 5.75 Å². The minimum absolute atomic E-state index is 0.0311. The molecule has 0 saturated carbocycles. The van der Waals surface area contributed by atoms with Gasteiger partial charge in [0.15, 0.2) is 0 Å². The molecule has 2 aromatic heterocycles. The second-order valence-corrected chi connectivity index (χ2v) is 10.1. The van der Waals surface area contributed by atoms with Crippen molar-refractivity contribution in [2.75, 3.05) is 14.2 Å². The molecule has 3 heterocycles. The molecule has 0 bridgehead atoms.